The van der Waals surface area contributed by atoms with Crippen LogP contribution in [-0.4, -0.2) is 16.0 Å². The van der Waals surface area contributed by atoms with Crippen LogP contribution in [0, 0.1) is 6.92 Å². The van der Waals surface area contributed by atoms with Crippen molar-refractivity contribution in [3.63, 3.8) is 0 Å². The molecular formula is C18H21N3. The smallest absolute Gasteiger partial charge is 0.136 e. The standard InChI is InChI=1S/C18H21N3/c1-5-13-10-16-15(9-12(13)4)17-14(7-6-8-19-17)18(21-16)20-11(2)3/h6-11H,5H2,1-4H3,(H,20,21). The van der Waals surface area contributed by atoms with Crippen molar-refractivity contribution in [1.82, 2.24) is 9.97 Å². The molecule has 3 heteroatoms. The van der Waals surface area contributed by atoms with Crippen molar-refractivity contribution in [3.8, 4) is 0 Å². The van der Waals surface area contributed by atoms with Gasteiger partial charge in [-0.05, 0) is 62.6 Å². The quantitative estimate of drug-likeness (QED) is 0.719. The highest BCUT2D eigenvalue weighted by molar-refractivity contribution is 6.08. The lowest BCUT2D eigenvalue weighted by molar-refractivity contribution is 0.893. The van der Waals surface area contributed by atoms with E-state index in [0.29, 0.717) is 6.04 Å². The van der Waals surface area contributed by atoms with Gasteiger partial charge in [-0.1, -0.05) is 6.92 Å². The number of anilines is 1. The summed E-state index contributed by atoms with van der Waals surface area (Å²) in [6.45, 7) is 8.59. The molecule has 0 unspecified atom stereocenters. The summed E-state index contributed by atoms with van der Waals surface area (Å²) in [5.41, 5.74) is 4.70. The monoisotopic (exact) mass is 279 g/mol. The van der Waals surface area contributed by atoms with Crippen molar-refractivity contribution in [2.24, 2.45) is 0 Å². The van der Waals surface area contributed by atoms with Crippen molar-refractivity contribution in [3.05, 3.63) is 41.6 Å². The summed E-state index contributed by atoms with van der Waals surface area (Å²) >= 11 is 0. The fraction of sp³-hybridized carbons (Fsp3) is 0.333. The van der Waals surface area contributed by atoms with Crippen LogP contribution >= 0.6 is 0 Å². The highest BCUT2D eigenvalue weighted by Gasteiger charge is 2.11. The van der Waals surface area contributed by atoms with Gasteiger partial charge in [0, 0.05) is 23.0 Å². The lowest BCUT2D eigenvalue weighted by atomic mass is 10.0. The van der Waals surface area contributed by atoms with Gasteiger partial charge in [-0.2, -0.15) is 0 Å². The average molecular weight is 279 g/mol. The molecule has 0 spiro atoms. The fourth-order valence-electron chi connectivity index (χ4n) is 2.78. The predicted molar refractivity (Wildman–Crippen MR) is 89.9 cm³/mol. The fourth-order valence-corrected chi connectivity index (χ4v) is 2.78. The van der Waals surface area contributed by atoms with Gasteiger partial charge in [0.1, 0.15) is 5.82 Å². The number of fused-ring (bicyclic) bond motifs is 3. The van der Waals surface area contributed by atoms with E-state index in [1.807, 2.05) is 12.3 Å². The Morgan fingerprint density at radius 2 is 2.00 bits per heavy atom. The molecule has 2 aromatic heterocycles. The van der Waals surface area contributed by atoms with Crippen molar-refractivity contribution in [2.75, 3.05) is 5.32 Å². The van der Waals surface area contributed by atoms with E-state index in [1.165, 1.54) is 11.1 Å². The lowest BCUT2D eigenvalue weighted by Gasteiger charge is -2.14. The van der Waals surface area contributed by atoms with E-state index < -0.39 is 0 Å². The van der Waals surface area contributed by atoms with Crippen LogP contribution < -0.4 is 5.32 Å². The van der Waals surface area contributed by atoms with E-state index in [2.05, 4.69) is 56.2 Å². The molecule has 3 aromatic rings. The van der Waals surface area contributed by atoms with Gasteiger partial charge >= 0.3 is 0 Å². The molecule has 1 N–H and O–H groups in total. The maximum Gasteiger partial charge on any atom is 0.136 e. The van der Waals surface area contributed by atoms with Crippen molar-refractivity contribution < 1.29 is 0 Å². The summed E-state index contributed by atoms with van der Waals surface area (Å²) in [4.78, 5) is 9.44. The van der Waals surface area contributed by atoms with Crippen molar-refractivity contribution in [1.29, 1.82) is 0 Å². The summed E-state index contributed by atoms with van der Waals surface area (Å²) in [5, 5.41) is 5.66. The second-order valence-corrected chi connectivity index (χ2v) is 5.81. The Morgan fingerprint density at radius 3 is 2.71 bits per heavy atom. The third-order valence-electron chi connectivity index (χ3n) is 3.81. The average Bonchev–Trinajstić information content (AvgIpc) is 2.47. The second-order valence-electron chi connectivity index (χ2n) is 5.81. The molecule has 0 saturated heterocycles. The van der Waals surface area contributed by atoms with Crippen LogP contribution in [-0.2, 0) is 6.42 Å². The number of benzene rings is 1. The van der Waals surface area contributed by atoms with E-state index in [1.54, 1.807) is 0 Å². The number of aromatic nitrogens is 2. The number of nitrogens with zero attached hydrogens (tertiary/aromatic N) is 2. The summed E-state index contributed by atoms with van der Waals surface area (Å²) in [5.74, 6) is 0.923. The van der Waals surface area contributed by atoms with Gasteiger partial charge in [0.05, 0.1) is 11.0 Å². The number of aryl methyl sites for hydroxylation is 2. The first kappa shape index (κ1) is 13.8. The maximum atomic E-state index is 4.84. The molecule has 0 amide bonds. The molecule has 0 aliphatic heterocycles. The summed E-state index contributed by atoms with van der Waals surface area (Å²) in [7, 11) is 0. The molecule has 0 radical (unpaired) electrons. The third-order valence-corrected chi connectivity index (χ3v) is 3.81. The minimum atomic E-state index is 0.342. The molecule has 0 fully saturated rings. The molecule has 3 nitrogen and oxygen atoms in total. The van der Waals surface area contributed by atoms with Crippen LogP contribution in [0.25, 0.3) is 21.8 Å². The largest absolute Gasteiger partial charge is 0.367 e. The SMILES string of the molecule is CCc1cc2nc(NC(C)C)c3cccnc3c2cc1C. The lowest BCUT2D eigenvalue weighted by Crippen LogP contribution is -2.11. The Hall–Kier alpha value is -2.16. The molecule has 1 aromatic carbocycles. The first-order valence-electron chi connectivity index (χ1n) is 7.54. The molecule has 0 saturated carbocycles. The number of nitrogens with one attached hydrogen (secondary N) is 1. The normalized spacial score (nSPS) is 11.5. The van der Waals surface area contributed by atoms with Gasteiger partial charge in [0.15, 0.2) is 0 Å². The van der Waals surface area contributed by atoms with Crippen LogP contribution in [0.3, 0.4) is 0 Å². The molecule has 108 valence electrons. The molecule has 0 atom stereocenters. The van der Waals surface area contributed by atoms with Gasteiger partial charge < -0.3 is 5.32 Å². The molecule has 2 heterocycles. The van der Waals surface area contributed by atoms with Gasteiger partial charge in [0.2, 0.25) is 0 Å². The van der Waals surface area contributed by atoms with Gasteiger partial charge in [-0.25, -0.2) is 4.98 Å². The molecule has 3 rings (SSSR count). The van der Waals surface area contributed by atoms with E-state index in [0.717, 1.165) is 34.0 Å². The summed E-state index contributed by atoms with van der Waals surface area (Å²) < 4.78 is 0. The zero-order valence-electron chi connectivity index (χ0n) is 13.1. The number of hydrogen-bond donors (Lipinski definition) is 1. The Balaban J connectivity index is 2.38. The van der Waals surface area contributed by atoms with E-state index in [9.17, 15) is 0 Å². The maximum absolute atomic E-state index is 4.84. The highest BCUT2D eigenvalue weighted by Crippen LogP contribution is 2.30. The summed E-state index contributed by atoms with van der Waals surface area (Å²) in [6.07, 6.45) is 2.88. The highest BCUT2D eigenvalue weighted by atomic mass is 15.0. The minimum absolute atomic E-state index is 0.342. The zero-order chi connectivity index (χ0) is 15.0. The first-order valence-corrected chi connectivity index (χ1v) is 7.54. The van der Waals surface area contributed by atoms with Crippen LogP contribution in [0.4, 0.5) is 5.82 Å². The van der Waals surface area contributed by atoms with Crippen LogP contribution in [0.2, 0.25) is 0 Å². The molecule has 0 aliphatic rings. The molecule has 0 aliphatic carbocycles. The minimum Gasteiger partial charge on any atom is -0.367 e. The van der Waals surface area contributed by atoms with Gasteiger partial charge in [-0.3, -0.25) is 4.98 Å². The second kappa shape index (κ2) is 5.32. The summed E-state index contributed by atoms with van der Waals surface area (Å²) in [6, 6.07) is 8.81. The van der Waals surface area contributed by atoms with Gasteiger partial charge in [-0.15, -0.1) is 0 Å². The van der Waals surface area contributed by atoms with Crippen LogP contribution in [0.1, 0.15) is 31.9 Å². The first-order chi connectivity index (χ1) is 10.1. The van der Waals surface area contributed by atoms with Crippen LogP contribution in [0.5, 0.6) is 0 Å². The predicted octanol–water partition coefficient (Wildman–Crippen LogP) is 4.47. The Labute approximate surface area is 125 Å². The van der Waals surface area contributed by atoms with E-state index >= 15 is 0 Å². The number of hydrogen-bond acceptors (Lipinski definition) is 3. The van der Waals surface area contributed by atoms with E-state index in [4.69, 9.17) is 4.98 Å². The number of rotatable bonds is 3. The van der Waals surface area contributed by atoms with Gasteiger partial charge in [0.25, 0.3) is 0 Å². The topological polar surface area (TPSA) is 37.8 Å². The molecule has 0 bridgehead atoms. The Morgan fingerprint density at radius 1 is 1.19 bits per heavy atom. The van der Waals surface area contributed by atoms with Crippen molar-refractivity contribution >= 4 is 27.6 Å². The van der Waals surface area contributed by atoms with E-state index in [-0.39, 0.29) is 0 Å². The third kappa shape index (κ3) is 2.44. The Kier molecular flexibility index (Phi) is 3.50. The molecular weight excluding hydrogens is 258 g/mol. The Bertz CT molecular complexity index is 806. The van der Waals surface area contributed by atoms with Crippen molar-refractivity contribution in [2.45, 2.75) is 40.2 Å². The van der Waals surface area contributed by atoms with Crippen LogP contribution in [0.15, 0.2) is 30.5 Å². The molecule has 21 heavy (non-hydrogen) atoms. The number of pyridine rings is 2. The zero-order valence-corrected chi connectivity index (χ0v) is 13.1.